The molecular formula is C10H20ClNS. The minimum Gasteiger partial charge on any atom is -0.301 e. The summed E-state index contributed by atoms with van der Waals surface area (Å²) in [5.41, 5.74) is 0. The van der Waals surface area contributed by atoms with Crippen molar-refractivity contribution in [1.82, 2.24) is 4.90 Å². The highest BCUT2D eigenvalue weighted by Crippen LogP contribution is 2.24. The number of hydrogen-bond donors (Lipinski definition) is 0. The zero-order valence-electron chi connectivity index (χ0n) is 8.63. The summed E-state index contributed by atoms with van der Waals surface area (Å²) < 4.78 is 0. The molecule has 0 spiro atoms. The molecule has 0 aromatic rings. The molecule has 0 aliphatic carbocycles. The molecule has 13 heavy (non-hydrogen) atoms. The summed E-state index contributed by atoms with van der Waals surface area (Å²) in [5.74, 6) is 0.813. The molecule has 1 fully saturated rings. The Bertz CT molecular complexity index is 133. The van der Waals surface area contributed by atoms with E-state index < -0.39 is 0 Å². The van der Waals surface area contributed by atoms with Gasteiger partial charge in [-0.15, -0.1) is 11.6 Å². The van der Waals surface area contributed by atoms with Gasteiger partial charge in [0, 0.05) is 29.5 Å². The summed E-state index contributed by atoms with van der Waals surface area (Å²) in [7, 11) is 0. The molecule has 2 unspecified atom stereocenters. The second-order valence-electron chi connectivity index (χ2n) is 3.91. The van der Waals surface area contributed by atoms with E-state index in [0.717, 1.165) is 22.8 Å². The Hall–Kier alpha value is 0.600. The number of alkyl halides is 1. The van der Waals surface area contributed by atoms with Crippen LogP contribution in [-0.2, 0) is 0 Å². The Balaban J connectivity index is 2.17. The standard InChI is InChI=1S/C10H20ClNS/c1-9-7-12(6-4-3-5-11)8-10(2)13-9/h9-10H,3-8H2,1-2H3. The Kier molecular flexibility index (Phi) is 5.52. The number of nitrogens with zero attached hydrogens (tertiary/aromatic N) is 1. The van der Waals surface area contributed by atoms with Gasteiger partial charge in [-0.3, -0.25) is 0 Å². The first kappa shape index (κ1) is 11.7. The van der Waals surface area contributed by atoms with Crippen LogP contribution in [0.5, 0.6) is 0 Å². The molecule has 1 nitrogen and oxygen atoms in total. The zero-order valence-corrected chi connectivity index (χ0v) is 10.2. The summed E-state index contributed by atoms with van der Waals surface area (Å²) >= 11 is 7.77. The normalized spacial score (nSPS) is 30.7. The molecule has 1 aliphatic heterocycles. The van der Waals surface area contributed by atoms with Gasteiger partial charge in [0.1, 0.15) is 0 Å². The van der Waals surface area contributed by atoms with Gasteiger partial charge in [-0.2, -0.15) is 11.8 Å². The van der Waals surface area contributed by atoms with Crippen molar-refractivity contribution in [2.24, 2.45) is 0 Å². The Morgan fingerprint density at radius 1 is 1.23 bits per heavy atom. The summed E-state index contributed by atoms with van der Waals surface area (Å²) in [5, 5.41) is 1.61. The molecule has 2 atom stereocenters. The molecule has 0 bridgehead atoms. The third-order valence-corrected chi connectivity index (χ3v) is 3.85. The van der Waals surface area contributed by atoms with Crippen LogP contribution < -0.4 is 0 Å². The van der Waals surface area contributed by atoms with Crippen molar-refractivity contribution in [3.63, 3.8) is 0 Å². The van der Waals surface area contributed by atoms with Crippen molar-refractivity contribution >= 4 is 23.4 Å². The van der Waals surface area contributed by atoms with E-state index in [1.165, 1.54) is 26.1 Å². The molecule has 1 saturated heterocycles. The van der Waals surface area contributed by atoms with Gasteiger partial charge < -0.3 is 4.90 Å². The first-order valence-corrected chi connectivity index (χ1v) is 6.64. The highest BCUT2D eigenvalue weighted by atomic mass is 35.5. The molecule has 78 valence electrons. The van der Waals surface area contributed by atoms with Crippen LogP contribution in [0.3, 0.4) is 0 Å². The van der Waals surface area contributed by atoms with Crippen LogP contribution in [0.15, 0.2) is 0 Å². The topological polar surface area (TPSA) is 3.24 Å². The summed E-state index contributed by atoms with van der Waals surface area (Å²) in [6.07, 6.45) is 2.42. The Morgan fingerprint density at radius 3 is 2.38 bits per heavy atom. The highest BCUT2D eigenvalue weighted by molar-refractivity contribution is 8.00. The van der Waals surface area contributed by atoms with E-state index in [4.69, 9.17) is 11.6 Å². The number of halogens is 1. The lowest BCUT2D eigenvalue weighted by molar-refractivity contribution is 0.267. The van der Waals surface area contributed by atoms with Crippen molar-refractivity contribution in [2.75, 3.05) is 25.5 Å². The molecule has 1 heterocycles. The minimum absolute atomic E-state index is 0.805. The number of rotatable bonds is 4. The van der Waals surface area contributed by atoms with Crippen LogP contribution in [0.2, 0.25) is 0 Å². The summed E-state index contributed by atoms with van der Waals surface area (Å²) in [6.45, 7) is 8.42. The maximum Gasteiger partial charge on any atom is 0.0223 e. The SMILES string of the molecule is CC1CN(CCCCCl)CC(C)S1. The van der Waals surface area contributed by atoms with Crippen molar-refractivity contribution in [3.8, 4) is 0 Å². The Labute approximate surface area is 91.2 Å². The van der Waals surface area contributed by atoms with Crippen LogP contribution in [0.1, 0.15) is 26.7 Å². The van der Waals surface area contributed by atoms with Gasteiger partial charge in [0.15, 0.2) is 0 Å². The van der Waals surface area contributed by atoms with Crippen LogP contribution in [-0.4, -0.2) is 40.9 Å². The van der Waals surface area contributed by atoms with Crippen molar-refractivity contribution in [2.45, 2.75) is 37.2 Å². The van der Waals surface area contributed by atoms with Gasteiger partial charge in [-0.25, -0.2) is 0 Å². The molecule has 0 aromatic carbocycles. The van der Waals surface area contributed by atoms with Crippen LogP contribution in [0, 0.1) is 0 Å². The fourth-order valence-corrected chi connectivity index (χ4v) is 3.47. The van der Waals surface area contributed by atoms with E-state index in [0.29, 0.717) is 0 Å². The van der Waals surface area contributed by atoms with E-state index in [2.05, 4.69) is 30.5 Å². The van der Waals surface area contributed by atoms with E-state index in [1.807, 2.05) is 0 Å². The molecule has 0 saturated carbocycles. The molecule has 0 aromatic heterocycles. The van der Waals surface area contributed by atoms with Gasteiger partial charge in [-0.1, -0.05) is 13.8 Å². The lowest BCUT2D eigenvalue weighted by Gasteiger charge is -2.34. The first-order chi connectivity index (χ1) is 6.22. The Morgan fingerprint density at radius 2 is 1.85 bits per heavy atom. The first-order valence-electron chi connectivity index (χ1n) is 5.16. The predicted octanol–water partition coefficient (Wildman–Crippen LogP) is 2.83. The maximum absolute atomic E-state index is 5.65. The van der Waals surface area contributed by atoms with E-state index in [9.17, 15) is 0 Å². The van der Waals surface area contributed by atoms with Gasteiger partial charge in [-0.05, 0) is 19.4 Å². The fraction of sp³-hybridized carbons (Fsp3) is 1.00. The zero-order chi connectivity index (χ0) is 9.68. The smallest absolute Gasteiger partial charge is 0.0223 e. The molecular weight excluding hydrogens is 202 g/mol. The molecule has 0 amide bonds. The van der Waals surface area contributed by atoms with E-state index in [1.54, 1.807) is 0 Å². The third-order valence-electron chi connectivity index (χ3n) is 2.35. The molecule has 3 heteroatoms. The maximum atomic E-state index is 5.65. The fourth-order valence-electron chi connectivity index (χ4n) is 1.90. The van der Waals surface area contributed by atoms with Crippen molar-refractivity contribution < 1.29 is 0 Å². The monoisotopic (exact) mass is 221 g/mol. The number of thioether (sulfide) groups is 1. The second kappa shape index (κ2) is 6.15. The summed E-state index contributed by atoms with van der Waals surface area (Å²) in [6, 6.07) is 0. The van der Waals surface area contributed by atoms with Gasteiger partial charge in [0.05, 0.1) is 0 Å². The van der Waals surface area contributed by atoms with Crippen molar-refractivity contribution in [1.29, 1.82) is 0 Å². The van der Waals surface area contributed by atoms with Crippen LogP contribution in [0.25, 0.3) is 0 Å². The van der Waals surface area contributed by atoms with Gasteiger partial charge in [0.2, 0.25) is 0 Å². The molecule has 0 radical (unpaired) electrons. The quantitative estimate of drug-likeness (QED) is 0.531. The predicted molar refractivity (Wildman–Crippen MR) is 62.9 cm³/mol. The largest absolute Gasteiger partial charge is 0.301 e. The van der Waals surface area contributed by atoms with Gasteiger partial charge >= 0.3 is 0 Å². The van der Waals surface area contributed by atoms with E-state index in [-0.39, 0.29) is 0 Å². The molecule has 1 aliphatic rings. The van der Waals surface area contributed by atoms with Crippen molar-refractivity contribution in [3.05, 3.63) is 0 Å². The summed E-state index contributed by atoms with van der Waals surface area (Å²) in [4.78, 5) is 2.58. The highest BCUT2D eigenvalue weighted by Gasteiger charge is 2.21. The van der Waals surface area contributed by atoms with Crippen LogP contribution in [0.4, 0.5) is 0 Å². The van der Waals surface area contributed by atoms with Gasteiger partial charge in [0.25, 0.3) is 0 Å². The second-order valence-corrected chi connectivity index (χ2v) is 6.17. The number of hydrogen-bond acceptors (Lipinski definition) is 2. The average molecular weight is 222 g/mol. The third kappa shape index (κ3) is 4.57. The van der Waals surface area contributed by atoms with Crippen LogP contribution >= 0.6 is 23.4 Å². The van der Waals surface area contributed by atoms with E-state index >= 15 is 0 Å². The average Bonchev–Trinajstić information content (AvgIpc) is 2.03. The minimum atomic E-state index is 0.805. The molecule has 1 rings (SSSR count). The lowest BCUT2D eigenvalue weighted by Crippen LogP contribution is -2.40. The lowest BCUT2D eigenvalue weighted by atomic mass is 10.2. The molecule has 0 N–H and O–H groups in total. The number of unbranched alkanes of at least 4 members (excludes halogenated alkanes) is 1.